The van der Waals surface area contributed by atoms with Crippen LogP contribution in [0.1, 0.15) is 56.8 Å². The van der Waals surface area contributed by atoms with E-state index >= 15 is 0 Å². The fourth-order valence-electron chi connectivity index (χ4n) is 4.10. The molecule has 1 amide bonds. The van der Waals surface area contributed by atoms with Crippen LogP contribution in [0.2, 0.25) is 0 Å². The van der Waals surface area contributed by atoms with Crippen molar-refractivity contribution in [3.05, 3.63) is 35.9 Å². The van der Waals surface area contributed by atoms with Gasteiger partial charge in [0.05, 0.1) is 30.4 Å². The maximum atomic E-state index is 12.8. The molecule has 0 aromatic heterocycles. The maximum Gasteiger partial charge on any atom is 0.307 e. The normalized spacial score (nSPS) is 14.8. The van der Waals surface area contributed by atoms with E-state index < -0.39 is 23.3 Å². The van der Waals surface area contributed by atoms with E-state index in [1.54, 1.807) is 30.0 Å². The lowest BCUT2D eigenvalue weighted by Gasteiger charge is -2.30. The highest BCUT2D eigenvalue weighted by Crippen LogP contribution is 2.42. The molecule has 1 aliphatic heterocycles. The molecule has 162 valence electrons. The quantitative estimate of drug-likeness (QED) is 0.447. The lowest BCUT2D eigenvalue weighted by atomic mass is 10.0. The van der Waals surface area contributed by atoms with Crippen molar-refractivity contribution in [2.45, 2.75) is 52.5 Å². The number of hydrogen-bond donors (Lipinski definition) is 1. The Hall–Kier alpha value is -2.45. The molecule has 8 heteroatoms. The topological polar surface area (TPSA) is 87.2 Å². The van der Waals surface area contributed by atoms with Crippen molar-refractivity contribution in [1.82, 2.24) is 0 Å². The van der Waals surface area contributed by atoms with Crippen LogP contribution in [0.25, 0.3) is 10.8 Å². The number of hydrogen-bond acceptors (Lipinski definition) is 4. The number of rotatable bonds is 10. The molecule has 0 saturated heterocycles. The number of esters is 1. The van der Waals surface area contributed by atoms with E-state index in [1.165, 1.54) is 4.31 Å². The van der Waals surface area contributed by atoms with Gasteiger partial charge in [-0.05, 0) is 38.5 Å². The van der Waals surface area contributed by atoms with Crippen LogP contribution in [0.15, 0.2) is 30.3 Å². The Balaban J connectivity index is 2.12. The average Bonchev–Trinajstić information content (AvgIpc) is 3.00. The summed E-state index contributed by atoms with van der Waals surface area (Å²) in [7, 11) is 0. The first-order valence-electron chi connectivity index (χ1n) is 10.4. The zero-order chi connectivity index (χ0) is 21.8. The third-order valence-electron chi connectivity index (χ3n) is 5.41. The van der Waals surface area contributed by atoms with Crippen LogP contribution in [-0.2, 0) is 20.8 Å². The van der Waals surface area contributed by atoms with Crippen molar-refractivity contribution in [2.24, 2.45) is 0 Å². The number of carbonyl (C=O) groups excluding carboxylic acids is 2. The molecule has 2 atom stereocenters. The molecular weight excluding hydrogens is 404 g/mol. The van der Waals surface area contributed by atoms with E-state index in [4.69, 9.17) is 4.74 Å². The van der Waals surface area contributed by atoms with Crippen LogP contribution < -0.4 is 9.21 Å². The van der Waals surface area contributed by atoms with Crippen molar-refractivity contribution < 1.29 is 23.1 Å². The summed E-state index contributed by atoms with van der Waals surface area (Å²) >= 11 is -2.35. The smallest absolute Gasteiger partial charge is 0.307 e. The van der Waals surface area contributed by atoms with Crippen LogP contribution in [0, 0.1) is 0 Å². The van der Waals surface area contributed by atoms with Crippen LogP contribution >= 0.6 is 0 Å². The van der Waals surface area contributed by atoms with Gasteiger partial charge in [-0.25, -0.2) is 4.21 Å². The second kappa shape index (κ2) is 9.57. The van der Waals surface area contributed by atoms with E-state index in [-0.39, 0.29) is 18.9 Å². The first-order valence-corrected chi connectivity index (χ1v) is 11.4. The molecule has 7 nitrogen and oxygen atoms in total. The predicted molar refractivity (Wildman–Crippen MR) is 119 cm³/mol. The summed E-state index contributed by atoms with van der Waals surface area (Å²) in [5.41, 5.74) is 1.92. The zero-order valence-corrected chi connectivity index (χ0v) is 18.4. The van der Waals surface area contributed by atoms with Crippen LogP contribution in [0.4, 0.5) is 11.4 Å². The highest BCUT2D eigenvalue weighted by Gasteiger charge is 2.33. The molecule has 0 radical (unpaired) electrons. The molecule has 1 N–H and O–H groups in total. The van der Waals surface area contributed by atoms with Crippen LogP contribution in [0.5, 0.6) is 0 Å². The van der Waals surface area contributed by atoms with Gasteiger partial charge >= 0.3 is 5.97 Å². The second-order valence-corrected chi connectivity index (χ2v) is 8.10. The predicted octanol–water partition coefficient (Wildman–Crippen LogP) is 4.28. The molecule has 3 rings (SSSR count). The fourth-order valence-corrected chi connectivity index (χ4v) is 4.86. The summed E-state index contributed by atoms with van der Waals surface area (Å²) in [6.07, 6.45) is 2.30. The minimum atomic E-state index is -2.35. The van der Waals surface area contributed by atoms with Gasteiger partial charge in [0, 0.05) is 22.9 Å². The Kier molecular flexibility index (Phi) is 7.10. The number of unbranched alkanes of at least 4 members (excludes halogenated alkanes) is 1. The molecule has 2 unspecified atom stereocenters. The molecule has 0 aliphatic carbocycles. The lowest BCUT2D eigenvalue weighted by Crippen LogP contribution is -2.39. The Labute approximate surface area is 179 Å². The number of benzene rings is 2. The van der Waals surface area contributed by atoms with Crippen molar-refractivity contribution >= 4 is 45.3 Å². The number of ether oxygens (including phenoxy) is 1. The Bertz CT molecular complexity index is 977. The summed E-state index contributed by atoms with van der Waals surface area (Å²) in [6.45, 7) is 6.49. The number of nitrogens with zero attached hydrogens (tertiary/aromatic N) is 2. The van der Waals surface area contributed by atoms with Gasteiger partial charge in [-0.3, -0.25) is 18.4 Å². The molecule has 30 heavy (non-hydrogen) atoms. The summed E-state index contributed by atoms with van der Waals surface area (Å²) in [6, 6.07) is 8.50. The van der Waals surface area contributed by atoms with Gasteiger partial charge in [-0.15, -0.1) is 0 Å². The molecular formula is C22H28N2O5S. The van der Waals surface area contributed by atoms with Crippen molar-refractivity contribution in [3.8, 4) is 0 Å². The van der Waals surface area contributed by atoms with Gasteiger partial charge < -0.3 is 9.64 Å². The number of amides is 1. The molecule has 0 bridgehead atoms. The largest absolute Gasteiger partial charge is 0.466 e. The van der Waals surface area contributed by atoms with Gasteiger partial charge in [0.1, 0.15) is 0 Å². The van der Waals surface area contributed by atoms with Gasteiger partial charge in [-0.2, -0.15) is 0 Å². The van der Waals surface area contributed by atoms with E-state index in [2.05, 4.69) is 0 Å². The van der Waals surface area contributed by atoms with Gasteiger partial charge in [0.2, 0.25) is 0 Å². The van der Waals surface area contributed by atoms with Crippen LogP contribution in [-0.4, -0.2) is 39.8 Å². The minimum absolute atomic E-state index is 0.0170. The van der Waals surface area contributed by atoms with E-state index in [1.807, 2.05) is 26.0 Å². The SMILES string of the molecule is CCCCC(CC(=O)OCC)N(c1ccc2c3c(cccc13)C(=O)N2CC)S(=O)O. The summed E-state index contributed by atoms with van der Waals surface area (Å²) < 4.78 is 29.2. The first kappa shape index (κ1) is 22.2. The van der Waals surface area contributed by atoms with E-state index in [9.17, 15) is 18.4 Å². The maximum absolute atomic E-state index is 12.8. The number of carbonyl (C=O) groups is 2. The van der Waals surface area contributed by atoms with Gasteiger partial charge in [-0.1, -0.05) is 31.9 Å². The summed E-state index contributed by atoms with van der Waals surface area (Å²) in [5.74, 6) is -0.465. The monoisotopic (exact) mass is 432 g/mol. The third kappa shape index (κ3) is 4.06. The Morgan fingerprint density at radius 3 is 2.63 bits per heavy atom. The van der Waals surface area contributed by atoms with Gasteiger partial charge in [0.25, 0.3) is 17.2 Å². The van der Waals surface area contributed by atoms with E-state index in [0.29, 0.717) is 24.2 Å². The highest BCUT2D eigenvalue weighted by molar-refractivity contribution is 7.80. The van der Waals surface area contributed by atoms with Crippen LogP contribution in [0.3, 0.4) is 0 Å². The second-order valence-electron chi connectivity index (χ2n) is 7.24. The minimum Gasteiger partial charge on any atom is -0.466 e. The zero-order valence-electron chi connectivity index (χ0n) is 17.6. The van der Waals surface area contributed by atoms with Crippen molar-refractivity contribution in [1.29, 1.82) is 0 Å². The Morgan fingerprint density at radius 2 is 2.00 bits per heavy atom. The highest BCUT2D eigenvalue weighted by atomic mass is 32.2. The van der Waals surface area contributed by atoms with Crippen molar-refractivity contribution in [3.63, 3.8) is 0 Å². The third-order valence-corrected chi connectivity index (χ3v) is 6.25. The van der Waals surface area contributed by atoms with E-state index in [0.717, 1.165) is 29.3 Å². The molecule has 0 spiro atoms. The molecule has 0 fully saturated rings. The van der Waals surface area contributed by atoms with Crippen molar-refractivity contribution in [2.75, 3.05) is 22.4 Å². The fraction of sp³-hybridized carbons (Fsp3) is 0.455. The summed E-state index contributed by atoms with van der Waals surface area (Å²) in [4.78, 5) is 26.7. The molecule has 2 aromatic rings. The molecule has 1 heterocycles. The number of anilines is 2. The Morgan fingerprint density at radius 1 is 1.23 bits per heavy atom. The summed E-state index contributed by atoms with van der Waals surface area (Å²) in [5, 5.41) is 1.50. The molecule has 0 saturated carbocycles. The average molecular weight is 433 g/mol. The first-order chi connectivity index (χ1) is 14.4. The van der Waals surface area contributed by atoms with Gasteiger partial charge in [0.15, 0.2) is 0 Å². The molecule has 1 aliphatic rings. The molecule has 2 aromatic carbocycles. The lowest BCUT2D eigenvalue weighted by molar-refractivity contribution is -0.143. The standard InChI is InChI=1S/C22H28N2O5S/c1-4-7-9-15(14-20(25)29-6-3)24(30(27)28)18-12-13-19-21-16(18)10-8-11-17(21)22(26)23(19)5-2/h8,10-13,15H,4-7,9,14H2,1-3H3,(H,27,28).